The van der Waals surface area contributed by atoms with Crippen LogP contribution in [0.3, 0.4) is 0 Å². The van der Waals surface area contributed by atoms with Crippen molar-refractivity contribution < 1.29 is 9.53 Å². The third kappa shape index (κ3) is 3.56. The van der Waals surface area contributed by atoms with E-state index in [-0.39, 0.29) is 23.4 Å². The highest BCUT2D eigenvalue weighted by molar-refractivity contribution is 5.76. The molecule has 3 N–H and O–H groups in total. The fourth-order valence-electron chi connectivity index (χ4n) is 2.55. The molecule has 21 heavy (non-hydrogen) atoms. The molecule has 0 aromatic heterocycles. The van der Waals surface area contributed by atoms with Crippen molar-refractivity contribution in [2.45, 2.75) is 52.6 Å². The number of benzene rings is 1. The zero-order valence-electron chi connectivity index (χ0n) is 13.4. The molecular formula is C17H26N2O2. The second-order valence-electron chi connectivity index (χ2n) is 6.75. The van der Waals surface area contributed by atoms with Gasteiger partial charge in [0, 0.05) is 24.4 Å². The van der Waals surface area contributed by atoms with Crippen LogP contribution in [0.5, 0.6) is 5.75 Å². The molecule has 1 aliphatic heterocycles. The van der Waals surface area contributed by atoms with Crippen molar-refractivity contribution in [3.63, 3.8) is 0 Å². The van der Waals surface area contributed by atoms with Crippen LogP contribution in [-0.2, 0) is 4.79 Å². The molecule has 0 spiro atoms. The summed E-state index contributed by atoms with van der Waals surface area (Å²) in [6.45, 7) is 8.88. The molecule has 1 aliphatic rings. The smallest absolute Gasteiger partial charge is 0.220 e. The number of amides is 1. The molecule has 2 atom stereocenters. The summed E-state index contributed by atoms with van der Waals surface area (Å²) in [5.74, 6) is 0.922. The molecule has 1 amide bonds. The van der Waals surface area contributed by atoms with Crippen LogP contribution in [-0.4, -0.2) is 12.5 Å². The van der Waals surface area contributed by atoms with Crippen LogP contribution in [0.2, 0.25) is 0 Å². The maximum Gasteiger partial charge on any atom is 0.220 e. The summed E-state index contributed by atoms with van der Waals surface area (Å²) in [6, 6.07) is 6.06. The summed E-state index contributed by atoms with van der Waals surface area (Å²) in [5, 5.41) is 3.07. The highest BCUT2D eigenvalue weighted by Crippen LogP contribution is 2.37. The molecule has 116 valence electrons. The van der Waals surface area contributed by atoms with E-state index in [4.69, 9.17) is 10.5 Å². The van der Waals surface area contributed by atoms with Crippen LogP contribution >= 0.6 is 0 Å². The average molecular weight is 290 g/mol. The van der Waals surface area contributed by atoms with Crippen LogP contribution in [0.15, 0.2) is 18.2 Å². The molecule has 2 unspecified atom stereocenters. The first-order valence-electron chi connectivity index (χ1n) is 7.64. The van der Waals surface area contributed by atoms with Gasteiger partial charge in [-0.15, -0.1) is 0 Å². The number of nitrogens with one attached hydrogen (secondary N) is 1. The predicted octanol–water partition coefficient (Wildman–Crippen LogP) is 3.08. The first kappa shape index (κ1) is 15.8. The molecule has 0 radical (unpaired) electrons. The Morgan fingerprint density at radius 1 is 1.48 bits per heavy atom. The summed E-state index contributed by atoms with van der Waals surface area (Å²) in [5.41, 5.74) is 8.47. The van der Waals surface area contributed by atoms with Gasteiger partial charge >= 0.3 is 0 Å². The molecule has 2 rings (SSSR count). The van der Waals surface area contributed by atoms with Crippen LogP contribution in [0.1, 0.15) is 63.7 Å². The van der Waals surface area contributed by atoms with E-state index in [0.29, 0.717) is 13.0 Å². The molecule has 1 aromatic rings. The fraction of sp³-hybridized carbons (Fsp3) is 0.588. The summed E-state index contributed by atoms with van der Waals surface area (Å²) in [7, 11) is 0. The Morgan fingerprint density at radius 3 is 2.81 bits per heavy atom. The van der Waals surface area contributed by atoms with Gasteiger partial charge in [-0.3, -0.25) is 4.79 Å². The molecule has 4 nitrogen and oxygen atoms in total. The minimum absolute atomic E-state index is 0.00801. The second kappa shape index (κ2) is 6.06. The molecule has 1 heterocycles. The lowest BCUT2D eigenvalue weighted by Gasteiger charge is -2.31. The molecule has 4 heteroatoms. The van der Waals surface area contributed by atoms with Gasteiger partial charge in [0.25, 0.3) is 0 Å². The lowest BCUT2D eigenvalue weighted by atomic mass is 9.82. The first-order valence-corrected chi connectivity index (χ1v) is 7.64. The third-order valence-electron chi connectivity index (χ3n) is 4.02. The number of rotatable bonds is 3. The molecular weight excluding hydrogens is 264 g/mol. The van der Waals surface area contributed by atoms with Crippen molar-refractivity contribution in [1.29, 1.82) is 0 Å². The van der Waals surface area contributed by atoms with Gasteiger partial charge < -0.3 is 15.8 Å². The minimum atomic E-state index is -0.0488. The van der Waals surface area contributed by atoms with E-state index in [2.05, 4.69) is 32.2 Å². The molecule has 0 saturated heterocycles. The molecule has 0 bridgehead atoms. The van der Waals surface area contributed by atoms with Gasteiger partial charge in [-0.2, -0.15) is 0 Å². The Kier molecular flexibility index (Phi) is 4.57. The van der Waals surface area contributed by atoms with Crippen molar-refractivity contribution in [3.8, 4) is 5.75 Å². The van der Waals surface area contributed by atoms with Crippen molar-refractivity contribution in [2.24, 2.45) is 11.1 Å². The Balaban J connectivity index is 2.31. The van der Waals surface area contributed by atoms with Gasteiger partial charge in [0.15, 0.2) is 0 Å². The van der Waals surface area contributed by atoms with E-state index in [9.17, 15) is 4.79 Å². The lowest BCUT2D eigenvalue weighted by molar-refractivity contribution is -0.121. The largest absolute Gasteiger partial charge is 0.493 e. The quantitative estimate of drug-likeness (QED) is 0.899. The summed E-state index contributed by atoms with van der Waals surface area (Å²) in [4.78, 5) is 11.7. The van der Waals surface area contributed by atoms with Gasteiger partial charge in [0.05, 0.1) is 12.6 Å². The minimum Gasteiger partial charge on any atom is -0.493 e. The number of carbonyl (C=O) groups excluding carboxylic acids is 1. The van der Waals surface area contributed by atoms with E-state index in [1.807, 2.05) is 19.1 Å². The van der Waals surface area contributed by atoms with Crippen molar-refractivity contribution in [1.82, 2.24) is 5.32 Å². The zero-order chi connectivity index (χ0) is 15.6. The average Bonchev–Trinajstić information content (AvgIpc) is 2.45. The number of ether oxygens (including phenoxy) is 1. The van der Waals surface area contributed by atoms with Crippen molar-refractivity contribution in [2.75, 3.05) is 6.61 Å². The van der Waals surface area contributed by atoms with Crippen molar-refractivity contribution in [3.05, 3.63) is 29.3 Å². The number of hydrogen-bond donors (Lipinski definition) is 2. The summed E-state index contributed by atoms with van der Waals surface area (Å²) in [6.07, 6.45) is 1.29. The van der Waals surface area contributed by atoms with Gasteiger partial charge in [0.2, 0.25) is 5.91 Å². The number of nitrogens with two attached hydrogens (primary N) is 1. The summed E-state index contributed by atoms with van der Waals surface area (Å²) >= 11 is 0. The standard InChI is InChI=1S/C17H26N2O2/c1-5-15(20)19-13-8-9-21-14-7-6-11(10-12(13)14)16(18)17(2,3)4/h6-7,10,13,16H,5,8-9,18H2,1-4H3,(H,19,20). The summed E-state index contributed by atoms with van der Waals surface area (Å²) < 4.78 is 5.70. The fourth-order valence-corrected chi connectivity index (χ4v) is 2.55. The van der Waals surface area contributed by atoms with Gasteiger partial charge in [0.1, 0.15) is 5.75 Å². The highest BCUT2D eigenvalue weighted by Gasteiger charge is 2.27. The van der Waals surface area contributed by atoms with E-state index >= 15 is 0 Å². The van der Waals surface area contributed by atoms with Gasteiger partial charge in [-0.25, -0.2) is 0 Å². The van der Waals surface area contributed by atoms with E-state index in [1.165, 1.54) is 0 Å². The van der Waals surface area contributed by atoms with E-state index < -0.39 is 0 Å². The van der Waals surface area contributed by atoms with Crippen LogP contribution in [0, 0.1) is 5.41 Å². The molecule has 0 aliphatic carbocycles. The van der Waals surface area contributed by atoms with Gasteiger partial charge in [-0.1, -0.05) is 33.8 Å². The molecule has 0 fully saturated rings. The maximum absolute atomic E-state index is 11.7. The highest BCUT2D eigenvalue weighted by atomic mass is 16.5. The van der Waals surface area contributed by atoms with Crippen molar-refractivity contribution >= 4 is 5.91 Å². The van der Waals surface area contributed by atoms with Gasteiger partial charge in [-0.05, 0) is 23.1 Å². The Labute approximate surface area is 127 Å². The van der Waals surface area contributed by atoms with Crippen LogP contribution < -0.4 is 15.8 Å². The Hall–Kier alpha value is -1.55. The number of hydrogen-bond acceptors (Lipinski definition) is 3. The zero-order valence-corrected chi connectivity index (χ0v) is 13.4. The third-order valence-corrected chi connectivity index (χ3v) is 4.02. The predicted molar refractivity (Wildman–Crippen MR) is 84.1 cm³/mol. The number of carbonyl (C=O) groups is 1. The molecule has 0 saturated carbocycles. The van der Waals surface area contributed by atoms with E-state index in [0.717, 1.165) is 23.3 Å². The first-order chi connectivity index (χ1) is 9.82. The van der Waals surface area contributed by atoms with E-state index in [1.54, 1.807) is 0 Å². The lowest BCUT2D eigenvalue weighted by Crippen LogP contribution is -2.32. The normalized spacial score (nSPS) is 19.4. The Bertz CT molecular complexity index is 520. The Morgan fingerprint density at radius 2 is 2.19 bits per heavy atom. The molecule has 1 aromatic carbocycles. The van der Waals surface area contributed by atoms with Crippen LogP contribution in [0.4, 0.5) is 0 Å². The topological polar surface area (TPSA) is 64.3 Å². The maximum atomic E-state index is 11.7. The second-order valence-corrected chi connectivity index (χ2v) is 6.75. The SMILES string of the molecule is CCC(=O)NC1CCOc2ccc(C(N)C(C)(C)C)cc21. The monoisotopic (exact) mass is 290 g/mol. The number of fused-ring (bicyclic) bond motifs is 1. The van der Waals surface area contributed by atoms with Crippen LogP contribution in [0.25, 0.3) is 0 Å².